The number of fused-ring (bicyclic) bond motifs is 1. The number of pyridine rings is 3. The van der Waals surface area contributed by atoms with Gasteiger partial charge in [-0.25, -0.2) is 9.97 Å². The first-order valence-corrected chi connectivity index (χ1v) is 12.6. The summed E-state index contributed by atoms with van der Waals surface area (Å²) in [4.78, 5) is 44.1. The number of anilines is 1. The van der Waals surface area contributed by atoms with Crippen LogP contribution in [-0.2, 0) is 24.3 Å². The van der Waals surface area contributed by atoms with E-state index in [0.717, 1.165) is 22.4 Å². The lowest BCUT2D eigenvalue weighted by Gasteiger charge is -2.21. The monoisotopic (exact) mass is 507 g/mol. The molecule has 0 spiro atoms. The van der Waals surface area contributed by atoms with Gasteiger partial charge in [-0.3, -0.25) is 14.6 Å². The van der Waals surface area contributed by atoms with E-state index < -0.39 is 0 Å². The predicted molar refractivity (Wildman–Crippen MR) is 148 cm³/mol. The van der Waals surface area contributed by atoms with E-state index in [1.807, 2.05) is 65.8 Å². The lowest BCUT2D eigenvalue weighted by atomic mass is 10.0. The number of aromatic nitrogens is 5. The second-order valence-electron chi connectivity index (χ2n) is 8.98. The first-order valence-electron chi connectivity index (χ1n) is 12.6. The molecule has 5 aromatic rings. The average molecular weight is 508 g/mol. The number of aryl methyl sites for hydroxylation is 1. The number of nitrogens with zero attached hydrogens (tertiary/aromatic N) is 5. The van der Waals surface area contributed by atoms with Gasteiger partial charge < -0.3 is 20.2 Å². The second kappa shape index (κ2) is 10.7. The summed E-state index contributed by atoms with van der Waals surface area (Å²) < 4.78 is 1.83. The summed E-state index contributed by atoms with van der Waals surface area (Å²) >= 11 is 0. The zero-order valence-corrected chi connectivity index (χ0v) is 21.4. The highest BCUT2D eigenvalue weighted by molar-refractivity contribution is 5.87. The fourth-order valence-electron chi connectivity index (χ4n) is 4.61. The highest BCUT2D eigenvalue weighted by Crippen LogP contribution is 2.26. The molecule has 1 amide bonds. The van der Waals surface area contributed by atoms with E-state index in [1.54, 1.807) is 30.9 Å². The fourth-order valence-corrected chi connectivity index (χ4v) is 4.61. The Morgan fingerprint density at radius 3 is 2.42 bits per heavy atom. The Morgan fingerprint density at radius 2 is 1.76 bits per heavy atom. The Bertz CT molecular complexity index is 1630. The van der Waals surface area contributed by atoms with E-state index in [9.17, 15) is 9.59 Å². The molecule has 0 fully saturated rings. The molecule has 4 aromatic heterocycles. The molecule has 0 saturated heterocycles. The van der Waals surface area contributed by atoms with Crippen molar-refractivity contribution in [3.05, 3.63) is 94.7 Å². The molecule has 0 aliphatic heterocycles. The summed E-state index contributed by atoms with van der Waals surface area (Å²) in [6, 6.07) is 15.2. The number of likely N-dealkylation sites (N-methyl/N-ethyl adjacent to an activating group) is 1. The van der Waals surface area contributed by atoms with Crippen molar-refractivity contribution in [2.45, 2.75) is 33.4 Å². The molecule has 1 aromatic carbocycles. The number of nitrogens with two attached hydrogens (primary N) is 1. The van der Waals surface area contributed by atoms with E-state index in [1.165, 1.54) is 0 Å². The number of nitrogen functional groups attached to an aromatic ring is 1. The van der Waals surface area contributed by atoms with Crippen LogP contribution in [0.3, 0.4) is 0 Å². The van der Waals surface area contributed by atoms with Gasteiger partial charge in [0.25, 0.3) is 0 Å². The molecular weight excluding hydrogens is 478 g/mol. The summed E-state index contributed by atoms with van der Waals surface area (Å²) in [5.41, 5.74) is 10.7. The molecule has 0 saturated carbocycles. The smallest absolute Gasteiger partial charge is 0.227 e. The van der Waals surface area contributed by atoms with Crippen molar-refractivity contribution < 1.29 is 4.79 Å². The summed E-state index contributed by atoms with van der Waals surface area (Å²) in [5.74, 6) is 0.828. The number of hydrogen-bond donors (Lipinski definition) is 2. The first kappa shape index (κ1) is 24.9. The number of rotatable bonds is 8. The maximum absolute atomic E-state index is 13.3. The van der Waals surface area contributed by atoms with Crippen LogP contribution < -0.4 is 11.2 Å². The number of amides is 1. The Kier molecular flexibility index (Phi) is 6.99. The van der Waals surface area contributed by atoms with Crippen LogP contribution in [0.15, 0.2) is 78.1 Å². The number of carbonyl (C=O) groups is 1. The van der Waals surface area contributed by atoms with E-state index in [-0.39, 0.29) is 11.3 Å². The van der Waals surface area contributed by atoms with Crippen molar-refractivity contribution >= 4 is 22.8 Å². The van der Waals surface area contributed by atoms with Crippen LogP contribution in [0, 0.1) is 0 Å². The van der Waals surface area contributed by atoms with Crippen LogP contribution in [0.1, 0.15) is 25.0 Å². The second-order valence-corrected chi connectivity index (χ2v) is 8.98. The molecule has 9 heteroatoms. The van der Waals surface area contributed by atoms with Crippen LogP contribution in [0.25, 0.3) is 33.7 Å². The molecule has 0 aliphatic carbocycles. The van der Waals surface area contributed by atoms with Gasteiger partial charge in [-0.15, -0.1) is 0 Å². The number of nitrogens with one attached hydrogen (secondary N) is 1. The number of imidazole rings is 1. The molecule has 9 nitrogen and oxygen atoms in total. The maximum atomic E-state index is 13.3. The summed E-state index contributed by atoms with van der Waals surface area (Å²) in [5, 5.41) is 0.479. The zero-order chi connectivity index (χ0) is 26.6. The molecule has 3 N–H and O–H groups in total. The molecule has 0 radical (unpaired) electrons. The summed E-state index contributed by atoms with van der Waals surface area (Å²) in [7, 11) is 0. The SMILES string of the molecule is CCN(Cc1ccncc1)C(=O)Cc1ccc(-c2ccc3c(=O)c(-c4ncc[nH]4)c(N)n(CC)c3n2)cc1. The minimum atomic E-state index is -0.211. The van der Waals surface area contributed by atoms with Gasteiger partial charge in [0.1, 0.15) is 22.9 Å². The highest BCUT2D eigenvalue weighted by Gasteiger charge is 2.19. The molecule has 0 atom stereocenters. The quantitative estimate of drug-likeness (QED) is 0.327. The number of aromatic amines is 1. The van der Waals surface area contributed by atoms with Crippen molar-refractivity contribution in [3.63, 3.8) is 0 Å². The van der Waals surface area contributed by atoms with Crippen molar-refractivity contribution in [1.29, 1.82) is 0 Å². The normalized spacial score (nSPS) is 11.1. The summed E-state index contributed by atoms with van der Waals surface area (Å²) in [6.07, 6.45) is 7.03. The molecular formula is C29H29N7O2. The van der Waals surface area contributed by atoms with Crippen molar-refractivity contribution in [1.82, 2.24) is 29.4 Å². The number of H-pyrrole nitrogens is 1. The predicted octanol–water partition coefficient (Wildman–Crippen LogP) is 4.04. The third kappa shape index (κ3) is 4.78. The van der Waals surface area contributed by atoms with Crippen LogP contribution in [0.2, 0.25) is 0 Å². The Labute approximate surface area is 220 Å². The first-order chi connectivity index (χ1) is 18.5. The van der Waals surface area contributed by atoms with Gasteiger partial charge in [0, 0.05) is 50.0 Å². The van der Waals surface area contributed by atoms with Gasteiger partial charge in [0.2, 0.25) is 11.3 Å². The summed E-state index contributed by atoms with van der Waals surface area (Å²) in [6.45, 7) is 5.67. The Hall–Kier alpha value is -4.79. The minimum absolute atomic E-state index is 0.0655. The van der Waals surface area contributed by atoms with Gasteiger partial charge in [0.05, 0.1) is 17.5 Å². The molecule has 0 aliphatic rings. The van der Waals surface area contributed by atoms with Crippen LogP contribution in [-0.4, -0.2) is 41.9 Å². The van der Waals surface area contributed by atoms with Crippen molar-refractivity contribution in [3.8, 4) is 22.6 Å². The van der Waals surface area contributed by atoms with Gasteiger partial charge in [0.15, 0.2) is 0 Å². The third-order valence-electron chi connectivity index (χ3n) is 6.66. The van der Waals surface area contributed by atoms with Crippen LogP contribution >= 0.6 is 0 Å². The van der Waals surface area contributed by atoms with E-state index in [4.69, 9.17) is 10.7 Å². The van der Waals surface area contributed by atoms with Crippen molar-refractivity contribution in [2.24, 2.45) is 0 Å². The topological polar surface area (TPSA) is 123 Å². The standard InChI is InChI=1S/C29H29N7O2/c1-3-35(18-20-11-13-31-14-12-20)24(37)17-19-5-7-21(8-6-19)23-10-9-22-26(38)25(28-32-15-16-33-28)27(30)36(4-2)29(22)34-23/h5-16H,3-4,17-18,30H2,1-2H3,(H,32,33). The van der Waals surface area contributed by atoms with Crippen molar-refractivity contribution in [2.75, 3.05) is 12.3 Å². The molecule has 38 heavy (non-hydrogen) atoms. The number of carbonyl (C=O) groups excluding carboxylic acids is 1. The number of benzene rings is 1. The Balaban J connectivity index is 1.40. The van der Waals surface area contributed by atoms with E-state index >= 15 is 0 Å². The van der Waals surface area contributed by atoms with Gasteiger partial charge in [-0.05, 0) is 49.2 Å². The lowest BCUT2D eigenvalue weighted by Crippen LogP contribution is -2.31. The molecule has 192 valence electrons. The van der Waals surface area contributed by atoms with Gasteiger partial charge >= 0.3 is 0 Å². The maximum Gasteiger partial charge on any atom is 0.227 e. The van der Waals surface area contributed by atoms with Crippen LogP contribution in [0.5, 0.6) is 0 Å². The lowest BCUT2D eigenvalue weighted by molar-refractivity contribution is -0.130. The average Bonchev–Trinajstić information content (AvgIpc) is 3.47. The van der Waals surface area contributed by atoms with Crippen LogP contribution in [0.4, 0.5) is 5.82 Å². The van der Waals surface area contributed by atoms with Gasteiger partial charge in [-0.2, -0.15) is 0 Å². The fraction of sp³-hybridized carbons (Fsp3) is 0.207. The minimum Gasteiger partial charge on any atom is -0.384 e. The third-order valence-corrected chi connectivity index (χ3v) is 6.66. The van der Waals surface area contributed by atoms with E-state index in [2.05, 4.69) is 15.0 Å². The van der Waals surface area contributed by atoms with Gasteiger partial charge in [-0.1, -0.05) is 24.3 Å². The largest absolute Gasteiger partial charge is 0.384 e. The Morgan fingerprint density at radius 1 is 1.00 bits per heavy atom. The molecule has 0 unspecified atom stereocenters. The molecule has 0 bridgehead atoms. The zero-order valence-electron chi connectivity index (χ0n) is 21.4. The molecule has 4 heterocycles. The van der Waals surface area contributed by atoms with E-state index in [0.29, 0.717) is 54.3 Å². The molecule has 5 rings (SSSR count). The number of hydrogen-bond acceptors (Lipinski definition) is 6. The highest BCUT2D eigenvalue weighted by atomic mass is 16.2.